The second-order valence-corrected chi connectivity index (χ2v) is 18.7. The van der Waals surface area contributed by atoms with Crippen LogP contribution in [0.1, 0.15) is 96.2 Å². The molecule has 3 fully saturated rings. The van der Waals surface area contributed by atoms with Gasteiger partial charge in [-0.25, -0.2) is 22.6 Å². The summed E-state index contributed by atoms with van der Waals surface area (Å²) in [6, 6.07) is 2.32. The highest BCUT2D eigenvalue weighted by atomic mass is 32.2. The molecule has 4 heterocycles. The van der Waals surface area contributed by atoms with Gasteiger partial charge in [0.15, 0.2) is 0 Å². The maximum Gasteiger partial charge on any atom is 0.407 e. The number of benzene rings is 1. The average molecular weight is 768 g/mol. The number of halogens is 1. The molecule has 2 aliphatic carbocycles. The maximum absolute atomic E-state index is 14.6. The second-order valence-electron chi connectivity index (χ2n) is 16.5. The minimum absolute atomic E-state index is 0.0126. The Hall–Kier alpha value is -4.27. The lowest BCUT2D eigenvalue weighted by molar-refractivity contribution is -0.141. The van der Waals surface area contributed by atoms with Crippen molar-refractivity contribution in [3.8, 4) is 5.75 Å². The van der Waals surface area contributed by atoms with E-state index < -0.39 is 73.5 Å². The Balaban J connectivity index is 1.22. The lowest BCUT2D eigenvalue weighted by Crippen LogP contribution is -2.58. The number of ether oxygens (including phenoxy) is 2. The van der Waals surface area contributed by atoms with Crippen LogP contribution >= 0.6 is 0 Å². The summed E-state index contributed by atoms with van der Waals surface area (Å²) in [5.74, 6) is -2.13. The highest BCUT2D eigenvalue weighted by Gasteiger charge is 2.64. The van der Waals surface area contributed by atoms with E-state index in [0.29, 0.717) is 61.9 Å². The molecule has 7 rings (SSSR count). The number of rotatable bonds is 6. The number of amides is 4. The number of carbonyl (C=O) groups excluding carboxylic acids is 4. The summed E-state index contributed by atoms with van der Waals surface area (Å²) in [5, 5.41) is 6.44. The van der Waals surface area contributed by atoms with Gasteiger partial charge in [0.2, 0.25) is 21.8 Å². The first-order valence-electron chi connectivity index (χ1n) is 19.1. The van der Waals surface area contributed by atoms with E-state index >= 15 is 0 Å². The van der Waals surface area contributed by atoms with Gasteiger partial charge in [-0.1, -0.05) is 38.8 Å². The molecule has 1 spiro atoms. The monoisotopic (exact) mass is 767 g/mol. The molecule has 2 aromatic rings. The first kappa shape index (κ1) is 38.0. The number of nitrogens with one attached hydrogen (secondary N) is 3. The van der Waals surface area contributed by atoms with Gasteiger partial charge >= 0.3 is 6.09 Å². The fraction of sp³-hybridized carbons (Fsp3) is 0.615. The normalized spacial score (nSPS) is 29.8. The molecule has 1 saturated heterocycles. The molecule has 292 valence electrons. The average Bonchev–Trinajstić information content (AvgIpc) is 4.01. The molecule has 0 bridgehead atoms. The summed E-state index contributed by atoms with van der Waals surface area (Å²) >= 11 is 0. The molecule has 3 N–H and O–H groups in total. The van der Waals surface area contributed by atoms with Crippen LogP contribution in [0.2, 0.25) is 0 Å². The third kappa shape index (κ3) is 7.27. The molecule has 4 amide bonds. The first-order chi connectivity index (χ1) is 25.6. The van der Waals surface area contributed by atoms with Gasteiger partial charge in [-0.3, -0.25) is 19.1 Å². The van der Waals surface area contributed by atoms with Gasteiger partial charge in [0.05, 0.1) is 29.1 Å². The zero-order chi connectivity index (χ0) is 38.6. The molecular formula is C39H50FN5O8S. The van der Waals surface area contributed by atoms with E-state index in [1.54, 1.807) is 19.9 Å². The highest BCUT2D eigenvalue weighted by molar-refractivity contribution is 7.91. The van der Waals surface area contributed by atoms with Gasteiger partial charge in [0, 0.05) is 29.4 Å². The van der Waals surface area contributed by atoms with Crippen LogP contribution in [0.25, 0.3) is 10.9 Å². The van der Waals surface area contributed by atoms with Crippen molar-refractivity contribution >= 4 is 44.7 Å². The number of nitrogens with zero attached hydrogens (tertiary/aromatic N) is 2. The van der Waals surface area contributed by atoms with Gasteiger partial charge < -0.3 is 25.0 Å². The van der Waals surface area contributed by atoms with Gasteiger partial charge in [0.25, 0.3) is 5.91 Å². The van der Waals surface area contributed by atoms with Gasteiger partial charge in [-0.15, -0.1) is 0 Å². The SMILES string of the molecule is Cc1nc2cc(F)ccc2c2c1O[C@]1(CC2)C[C@H]2C(=O)N[C@]3(C(=O)NS(=O)(=O)C4(C)CC4)CC3/C=C\CCCCC[C@H](NC(=O)OCC(C)C)C(=O)N2C1. The molecule has 0 radical (unpaired) electrons. The largest absolute Gasteiger partial charge is 0.483 e. The second kappa shape index (κ2) is 14.1. The first-order valence-corrected chi connectivity index (χ1v) is 20.6. The van der Waals surface area contributed by atoms with Gasteiger partial charge in [-0.05, 0) is 83.3 Å². The standard InChI is InChI=1S/C39H50FN5O8S/c1-23(2)21-52-36(49)42-29-11-9-7-5-6-8-10-25-19-39(25,35(48)44-54(50,51)37(4)16-17-37)43-33(46)31-20-38(22-45(31)34(29)47)15-14-28-27-13-12-26(40)18-30(27)41-24(3)32(28)53-38/h8,10,12-13,18,23,25,29,31H,5-7,9,11,14-17,19-22H2,1-4H3,(H,42,49)(H,43,46)(H,44,48)/b10-8-/t25?,29-,31-,38+,39+/m0/s1. The minimum atomic E-state index is -4.00. The van der Waals surface area contributed by atoms with E-state index in [2.05, 4.69) is 20.3 Å². The lowest BCUT2D eigenvalue weighted by Gasteiger charge is -2.36. The van der Waals surface area contributed by atoms with Crippen LogP contribution in [0.3, 0.4) is 0 Å². The molecule has 1 aromatic carbocycles. The summed E-state index contributed by atoms with van der Waals surface area (Å²) in [6.07, 6.45) is 8.35. The van der Waals surface area contributed by atoms with E-state index in [-0.39, 0.29) is 31.9 Å². The Morgan fingerprint density at radius 2 is 1.93 bits per heavy atom. The van der Waals surface area contributed by atoms with Crippen molar-refractivity contribution in [1.29, 1.82) is 0 Å². The van der Waals surface area contributed by atoms with Crippen LogP contribution in [0.5, 0.6) is 5.75 Å². The number of hydrogen-bond acceptors (Lipinski definition) is 9. The van der Waals surface area contributed by atoms with Gasteiger partial charge in [-0.2, -0.15) is 0 Å². The van der Waals surface area contributed by atoms with Crippen LogP contribution in [0.15, 0.2) is 30.4 Å². The molecule has 2 saturated carbocycles. The number of carbonyl (C=O) groups is 4. The lowest BCUT2D eigenvalue weighted by atomic mass is 9.87. The smallest absolute Gasteiger partial charge is 0.407 e. The van der Waals surface area contributed by atoms with Crippen molar-refractivity contribution in [2.75, 3.05) is 13.2 Å². The Morgan fingerprint density at radius 1 is 1.15 bits per heavy atom. The van der Waals surface area contributed by atoms with E-state index in [0.717, 1.165) is 23.8 Å². The van der Waals surface area contributed by atoms with Crippen LogP contribution < -0.4 is 20.1 Å². The van der Waals surface area contributed by atoms with Crippen molar-refractivity contribution in [1.82, 2.24) is 25.2 Å². The number of fused-ring (bicyclic) bond motifs is 5. The number of sulfonamides is 1. The number of aromatic nitrogens is 1. The predicted octanol–water partition coefficient (Wildman–Crippen LogP) is 4.49. The summed E-state index contributed by atoms with van der Waals surface area (Å²) in [6.45, 7) is 7.35. The molecule has 5 aliphatic rings. The molecule has 1 unspecified atom stereocenters. The number of alkyl carbamates (subject to hydrolysis) is 1. The number of aryl methyl sites for hydroxylation is 2. The quantitative estimate of drug-likeness (QED) is 0.358. The summed E-state index contributed by atoms with van der Waals surface area (Å²) in [5.41, 5.74) is -0.634. The summed E-state index contributed by atoms with van der Waals surface area (Å²) in [7, 11) is -4.00. The van der Waals surface area contributed by atoms with Crippen LogP contribution in [-0.4, -0.2) is 83.2 Å². The van der Waals surface area contributed by atoms with Crippen LogP contribution in [0.4, 0.5) is 9.18 Å². The highest BCUT2D eigenvalue weighted by Crippen LogP contribution is 2.49. The van der Waals surface area contributed by atoms with E-state index in [4.69, 9.17) is 9.47 Å². The van der Waals surface area contributed by atoms with Crippen molar-refractivity contribution < 1.29 is 41.5 Å². The molecule has 13 nitrogen and oxygen atoms in total. The predicted molar refractivity (Wildman–Crippen MR) is 197 cm³/mol. The number of pyridine rings is 1. The summed E-state index contributed by atoms with van der Waals surface area (Å²) < 4.78 is 53.9. The van der Waals surface area contributed by atoms with E-state index in [1.807, 2.05) is 26.0 Å². The van der Waals surface area contributed by atoms with E-state index in [1.165, 1.54) is 17.0 Å². The Kier molecular flexibility index (Phi) is 9.93. The van der Waals surface area contributed by atoms with Crippen LogP contribution in [0, 0.1) is 24.6 Å². The van der Waals surface area contributed by atoms with Crippen molar-refractivity contribution in [2.45, 2.75) is 126 Å². The third-order valence-corrected chi connectivity index (χ3v) is 13.9. The van der Waals surface area contributed by atoms with Crippen molar-refractivity contribution in [2.24, 2.45) is 11.8 Å². The number of allylic oxidation sites excluding steroid dienone is 1. The Bertz CT molecular complexity index is 2020. The fourth-order valence-electron chi connectivity index (χ4n) is 8.09. The maximum atomic E-state index is 14.6. The zero-order valence-electron chi connectivity index (χ0n) is 31.3. The third-order valence-electron chi connectivity index (χ3n) is 11.8. The zero-order valence-corrected chi connectivity index (χ0v) is 32.2. The molecule has 3 aliphatic heterocycles. The molecular weight excluding hydrogens is 718 g/mol. The topological polar surface area (TPSA) is 173 Å². The summed E-state index contributed by atoms with van der Waals surface area (Å²) in [4.78, 5) is 62.1. The van der Waals surface area contributed by atoms with Crippen LogP contribution in [-0.2, 0) is 35.6 Å². The minimum Gasteiger partial charge on any atom is -0.483 e. The number of hydrogen-bond donors (Lipinski definition) is 3. The Morgan fingerprint density at radius 3 is 2.67 bits per heavy atom. The van der Waals surface area contributed by atoms with E-state index in [9.17, 15) is 32.0 Å². The van der Waals surface area contributed by atoms with Crippen molar-refractivity contribution in [3.05, 3.63) is 47.4 Å². The Labute approximate surface area is 315 Å². The molecule has 54 heavy (non-hydrogen) atoms. The molecule has 5 atom stereocenters. The fourth-order valence-corrected chi connectivity index (χ4v) is 9.41. The van der Waals surface area contributed by atoms with Gasteiger partial charge in [0.1, 0.15) is 34.8 Å². The van der Waals surface area contributed by atoms with Crippen molar-refractivity contribution in [3.63, 3.8) is 0 Å². The molecule has 15 heteroatoms. The molecule has 1 aromatic heterocycles.